The molecular weight excluding hydrogens is 350 g/mol. The number of fused-ring (bicyclic) bond motifs is 1. The predicted octanol–water partition coefficient (Wildman–Crippen LogP) is 3.29. The van der Waals surface area contributed by atoms with Gasteiger partial charge in [-0.05, 0) is 24.6 Å². The molecule has 28 heavy (non-hydrogen) atoms. The molecular formula is C23H23N3O2. The maximum atomic E-state index is 13.1. The Morgan fingerprint density at radius 3 is 2.50 bits per heavy atom. The smallest absolute Gasteiger partial charge is 0.272 e. The van der Waals surface area contributed by atoms with Crippen LogP contribution in [0.1, 0.15) is 34.5 Å². The summed E-state index contributed by atoms with van der Waals surface area (Å²) in [6.45, 7) is 4.60. The van der Waals surface area contributed by atoms with Crippen molar-refractivity contribution in [1.82, 2.24) is 15.2 Å². The molecule has 2 atom stereocenters. The molecule has 5 nitrogen and oxygen atoms in total. The van der Waals surface area contributed by atoms with Crippen molar-refractivity contribution in [3.8, 4) is 0 Å². The van der Waals surface area contributed by atoms with Gasteiger partial charge in [0, 0.05) is 31.3 Å². The molecule has 1 fully saturated rings. The van der Waals surface area contributed by atoms with Crippen molar-refractivity contribution in [1.29, 1.82) is 0 Å². The Bertz CT molecular complexity index is 1030. The highest BCUT2D eigenvalue weighted by Crippen LogP contribution is 2.29. The first-order chi connectivity index (χ1) is 13.5. The Labute approximate surface area is 164 Å². The van der Waals surface area contributed by atoms with Gasteiger partial charge in [-0.15, -0.1) is 0 Å². The van der Waals surface area contributed by atoms with Crippen LogP contribution in [0, 0.1) is 6.92 Å². The molecule has 0 aliphatic carbocycles. The van der Waals surface area contributed by atoms with Gasteiger partial charge < -0.3 is 10.2 Å². The molecule has 5 heteroatoms. The summed E-state index contributed by atoms with van der Waals surface area (Å²) in [6, 6.07) is 19.6. The van der Waals surface area contributed by atoms with E-state index < -0.39 is 0 Å². The number of likely N-dealkylation sites (tertiary alicyclic amines) is 1. The normalized spacial score (nSPS) is 19.0. The van der Waals surface area contributed by atoms with Crippen molar-refractivity contribution in [2.24, 2.45) is 0 Å². The number of hydrogen-bond donors (Lipinski definition) is 1. The van der Waals surface area contributed by atoms with E-state index >= 15 is 0 Å². The standard InChI is InChI=1S/C23H23N3O2/c1-15-7-9-17(10-8-15)19-13-26(14-22(19)24-16(2)27)23(28)21-12-11-18-5-3-4-6-20(18)25-21/h3-12,19,22H,13-14H2,1-2H3,(H,24,27). The van der Waals surface area contributed by atoms with Crippen LogP contribution in [0.25, 0.3) is 10.9 Å². The van der Waals surface area contributed by atoms with E-state index in [1.165, 1.54) is 12.5 Å². The van der Waals surface area contributed by atoms with Crippen LogP contribution in [0.15, 0.2) is 60.7 Å². The number of aryl methyl sites for hydroxylation is 1. The first-order valence-electron chi connectivity index (χ1n) is 9.50. The van der Waals surface area contributed by atoms with E-state index in [1.807, 2.05) is 37.3 Å². The quantitative estimate of drug-likeness (QED) is 0.766. The lowest BCUT2D eigenvalue weighted by molar-refractivity contribution is -0.119. The minimum Gasteiger partial charge on any atom is -0.351 e. The number of carbonyl (C=O) groups is 2. The van der Waals surface area contributed by atoms with Crippen molar-refractivity contribution in [2.75, 3.05) is 13.1 Å². The van der Waals surface area contributed by atoms with E-state index in [4.69, 9.17) is 0 Å². The maximum absolute atomic E-state index is 13.1. The Hall–Kier alpha value is -3.21. The Balaban J connectivity index is 1.60. The molecule has 1 aliphatic heterocycles. The largest absolute Gasteiger partial charge is 0.351 e. The Morgan fingerprint density at radius 2 is 1.75 bits per heavy atom. The third-order valence-electron chi connectivity index (χ3n) is 5.32. The Kier molecular flexibility index (Phi) is 4.82. The van der Waals surface area contributed by atoms with E-state index in [2.05, 4.69) is 34.6 Å². The molecule has 0 radical (unpaired) electrons. The highest BCUT2D eigenvalue weighted by molar-refractivity contribution is 5.95. The van der Waals surface area contributed by atoms with Crippen LogP contribution in [0.3, 0.4) is 0 Å². The summed E-state index contributed by atoms with van der Waals surface area (Å²) in [5, 5.41) is 4.03. The Morgan fingerprint density at radius 1 is 1.00 bits per heavy atom. The first kappa shape index (κ1) is 18.2. The van der Waals surface area contributed by atoms with Crippen molar-refractivity contribution < 1.29 is 9.59 Å². The number of nitrogens with zero attached hydrogens (tertiary/aromatic N) is 2. The van der Waals surface area contributed by atoms with Gasteiger partial charge in [0.1, 0.15) is 5.69 Å². The molecule has 4 rings (SSSR count). The molecule has 2 unspecified atom stereocenters. The fourth-order valence-electron chi connectivity index (χ4n) is 3.88. The van der Waals surface area contributed by atoms with Crippen LogP contribution in [-0.4, -0.2) is 40.8 Å². The molecule has 1 aromatic heterocycles. The van der Waals surface area contributed by atoms with Crippen LogP contribution in [-0.2, 0) is 4.79 Å². The minimum absolute atomic E-state index is 0.0638. The highest BCUT2D eigenvalue weighted by Gasteiger charge is 2.37. The molecule has 3 aromatic rings. The monoisotopic (exact) mass is 373 g/mol. The van der Waals surface area contributed by atoms with Crippen molar-refractivity contribution in [3.63, 3.8) is 0 Å². The van der Waals surface area contributed by atoms with Crippen LogP contribution in [0.4, 0.5) is 0 Å². The lowest BCUT2D eigenvalue weighted by atomic mass is 9.93. The molecule has 0 bridgehead atoms. The van der Waals surface area contributed by atoms with Gasteiger partial charge in [0.15, 0.2) is 0 Å². The molecule has 0 spiro atoms. The van der Waals surface area contributed by atoms with E-state index in [-0.39, 0.29) is 23.8 Å². The lowest BCUT2D eigenvalue weighted by Crippen LogP contribution is -2.39. The third-order valence-corrected chi connectivity index (χ3v) is 5.32. The lowest BCUT2D eigenvalue weighted by Gasteiger charge is -2.19. The van der Waals surface area contributed by atoms with E-state index in [0.29, 0.717) is 18.8 Å². The van der Waals surface area contributed by atoms with E-state index in [0.717, 1.165) is 16.5 Å². The average molecular weight is 373 g/mol. The zero-order valence-electron chi connectivity index (χ0n) is 16.1. The molecule has 1 N–H and O–H groups in total. The van der Waals surface area contributed by atoms with E-state index in [1.54, 1.807) is 11.0 Å². The summed E-state index contributed by atoms with van der Waals surface area (Å²) in [7, 11) is 0. The van der Waals surface area contributed by atoms with E-state index in [9.17, 15) is 9.59 Å². The van der Waals surface area contributed by atoms with Crippen molar-refractivity contribution in [3.05, 3.63) is 77.5 Å². The SMILES string of the molecule is CC(=O)NC1CN(C(=O)c2ccc3ccccc3n2)CC1c1ccc(C)cc1. The zero-order valence-corrected chi connectivity index (χ0v) is 16.1. The van der Waals surface area contributed by atoms with Crippen LogP contribution in [0.2, 0.25) is 0 Å². The second-order valence-electron chi connectivity index (χ2n) is 7.42. The van der Waals surface area contributed by atoms with Gasteiger partial charge in [0.2, 0.25) is 5.91 Å². The summed E-state index contributed by atoms with van der Waals surface area (Å²) < 4.78 is 0. The molecule has 1 aliphatic rings. The van der Waals surface area contributed by atoms with Gasteiger partial charge in [0.25, 0.3) is 5.91 Å². The number of carbonyl (C=O) groups excluding carboxylic acids is 2. The topological polar surface area (TPSA) is 62.3 Å². The van der Waals surface area contributed by atoms with Gasteiger partial charge in [-0.1, -0.05) is 54.1 Å². The fraction of sp³-hybridized carbons (Fsp3) is 0.261. The maximum Gasteiger partial charge on any atom is 0.272 e. The average Bonchev–Trinajstić information content (AvgIpc) is 3.10. The van der Waals surface area contributed by atoms with Gasteiger partial charge in [-0.3, -0.25) is 9.59 Å². The third kappa shape index (κ3) is 3.60. The molecule has 1 saturated heterocycles. The molecule has 142 valence electrons. The minimum atomic E-state index is -0.107. The number of para-hydroxylation sites is 1. The number of nitrogens with one attached hydrogen (secondary N) is 1. The summed E-state index contributed by atoms with van der Waals surface area (Å²) in [5.41, 5.74) is 3.56. The van der Waals surface area contributed by atoms with Crippen LogP contribution in [0.5, 0.6) is 0 Å². The molecule has 2 aromatic carbocycles. The molecule has 2 heterocycles. The summed E-state index contributed by atoms with van der Waals surface area (Å²) in [6.07, 6.45) is 0. The van der Waals surface area contributed by atoms with Gasteiger partial charge >= 0.3 is 0 Å². The number of rotatable bonds is 3. The number of aromatic nitrogens is 1. The first-order valence-corrected chi connectivity index (χ1v) is 9.50. The van der Waals surface area contributed by atoms with Crippen LogP contribution >= 0.6 is 0 Å². The second-order valence-corrected chi connectivity index (χ2v) is 7.42. The zero-order chi connectivity index (χ0) is 19.7. The fourth-order valence-corrected chi connectivity index (χ4v) is 3.88. The van der Waals surface area contributed by atoms with Crippen molar-refractivity contribution >= 4 is 22.7 Å². The summed E-state index contributed by atoms with van der Waals surface area (Å²) in [4.78, 5) is 31.1. The predicted molar refractivity (Wildman–Crippen MR) is 109 cm³/mol. The molecule has 0 saturated carbocycles. The number of benzene rings is 2. The van der Waals surface area contributed by atoms with Gasteiger partial charge in [-0.25, -0.2) is 4.98 Å². The van der Waals surface area contributed by atoms with Gasteiger partial charge in [0.05, 0.1) is 11.6 Å². The second kappa shape index (κ2) is 7.43. The number of pyridine rings is 1. The van der Waals surface area contributed by atoms with Gasteiger partial charge in [-0.2, -0.15) is 0 Å². The summed E-state index contributed by atoms with van der Waals surface area (Å²) >= 11 is 0. The van der Waals surface area contributed by atoms with Crippen molar-refractivity contribution in [2.45, 2.75) is 25.8 Å². The number of amides is 2. The number of hydrogen-bond acceptors (Lipinski definition) is 3. The molecule has 2 amide bonds. The van der Waals surface area contributed by atoms with Crippen LogP contribution < -0.4 is 5.32 Å². The summed E-state index contributed by atoms with van der Waals surface area (Å²) in [5.74, 6) is -0.120. The highest BCUT2D eigenvalue weighted by atomic mass is 16.2.